The van der Waals surface area contributed by atoms with Crippen molar-refractivity contribution >= 4 is 5.69 Å². The molecule has 0 spiro atoms. The molecule has 1 N–H and O–H groups in total. The molecule has 6 heteroatoms. The van der Waals surface area contributed by atoms with Gasteiger partial charge in [0.25, 0.3) is 5.69 Å². The van der Waals surface area contributed by atoms with E-state index in [0.717, 1.165) is 5.56 Å². The SMILES string of the molecule is N#CC(NCc1ccc(F)cc1)c1cccc([N+](=O)[O-])c1. The average molecular weight is 285 g/mol. The average Bonchev–Trinajstić information content (AvgIpc) is 2.50. The van der Waals surface area contributed by atoms with Crippen LogP contribution in [0.25, 0.3) is 0 Å². The highest BCUT2D eigenvalue weighted by molar-refractivity contribution is 5.37. The van der Waals surface area contributed by atoms with E-state index in [1.54, 1.807) is 18.2 Å². The Morgan fingerprint density at radius 2 is 2.00 bits per heavy atom. The summed E-state index contributed by atoms with van der Waals surface area (Å²) in [5.41, 5.74) is 1.28. The van der Waals surface area contributed by atoms with Crippen molar-refractivity contribution in [1.29, 1.82) is 5.26 Å². The van der Waals surface area contributed by atoms with E-state index >= 15 is 0 Å². The highest BCUT2D eigenvalue weighted by Gasteiger charge is 2.13. The van der Waals surface area contributed by atoms with Crippen molar-refractivity contribution < 1.29 is 9.31 Å². The summed E-state index contributed by atoms with van der Waals surface area (Å²) in [6, 6.07) is 13.2. The van der Waals surface area contributed by atoms with Gasteiger partial charge in [0.15, 0.2) is 0 Å². The molecular weight excluding hydrogens is 273 g/mol. The Morgan fingerprint density at radius 1 is 1.29 bits per heavy atom. The van der Waals surface area contributed by atoms with Crippen molar-refractivity contribution in [3.63, 3.8) is 0 Å². The predicted molar refractivity (Wildman–Crippen MR) is 74.7 cm³/mol. The highest BCUT2D eigenvalue weighted by atomic mass is 19.1. The highest BCUT2D eigenvalue weighted by Crippen LogP contribution is 2.19. The van der Waals surface area contributed by atoms with Gasteiger partial charge in [0, 0.05) is 18.7 Å². The topological polar surface area (TPSA) is 79.0 Å². The molecule has 2 rings (SSSR count). The number of nitrogens with one attached hydrogen (secondary N) is 1. The van der Waals surface area contributed by atoms with Crippen molar-refractivity contribution in [2.45, 2.75) is 12.6 Å². The number of nitriles is 1. The van der Waals surface area contributed by atoms with Crippen LogP contribution in [0.2, 0.25) is 0 Å². The molecule has 0 aromatic heterocycles. The lowest BCUT2D eigenvalue weighted by molar-refractivity contribution is -0.384. The molecule has 0 fully saturated rings. The molecule has 0 aliphatic carbocycles. The number of rotatable bonds is 5. The predicted octanol–water partition coefficient (Wildman–Crippen LogP) is 3.09. The minimum Gasteiger partial charge on any atom is -0.294 e. The van der Waals surface area contributed by atoms with E-state index in [2.05, 4.69) is 11.4 Å². The number of benzene rings is 2. The first-order valence-corrected chi connectivity index (χ1v) is 6.22. The van der Waals surface area contributed by atoms with Gasteiger partial charge in [-0.15, -0.1) is 0 Å². The number of nitro benzene ring substituents is 1. The maximum atomic E-state index is 12.8. The summed E-state index contributed by atoms with van der Waals surface area (Å²) in [5, 5.41) is 22.9. The smallest absolute Gasteiger partial charge is 0.269 e. The van der Waals surface area contributed by atoms with Crippen molar-refractivity contribution in [3.8, 4) is 6.07 Å². The molecule has 21 heavy (non-hydrogen) atoms. The second-order valence-corrected chi connectivity index (χ2v) is 4.42. The van der Waals surface area contributed by atoms with Gasteiger partial charge in [0.2, 0.25) is 0 Å². The third kappa shape index (κ3) is 3.84. The van der Waals surface area contributed by atoms with Crippen molar-refractivity contribution in [2.75, 3.05) is 0 Å². The van der Waals surface area contributed by atoms with Gasteiger partial charge in [0.05, 0.1) is 11.0 Å². The Bertz CT molecular complexity index is 680. The molecule has 0 heterocycles. The van der Waals surface area contributed by atoms with Crippen LogP contribution in [0.5, 0.6) is 0 Å². The summed E-state index contributed by atoms with van der Waals surface area (Å²) in [6.07, 6.45) is 0. The molecule has 0 saturated carbocycles. The number of halogens is 1. The monoisotopic (exact) mass is 285 g/mol. The summed E-state index contributed by atoms with van der Waals surface area (Å²) >= 11 is 0. The summed E-state index contributed by atoms with van der Waals surface area (Å²) < 4.78 is 12.8. The molecule has 0 bridgehead atoms. The lowest BCUT2D eigenvalue weighted by Crippen LogP contribution is -2.19. The van der Waals surface area contributed by atoms with Gasteiger partial charge < -0.3 is 0 Å². The van der Waals surface area contributed by atoms with Crippen molar-refractivity contribution in [1.82, 2.24) is 5.32 Å². The molecule has 0 radical (unpaired) electrons. The van der Waals surface area contributed by atoms with Gasteiger partial charge in [-0.1, -0.05) is 24.3 Å². The zero-order valence-electron chi connectivity index (χ0n) is 11.0. The molecule has 106 valence electrons. The number of nitro groups is 1. The van der Waals surface area contributed by atoms with Crippen LogP contribution in [0.4, 0.5) is 10.1 Å². The molecule has 5 nitrogen and oxygen atoms in total. The van der Waals surface area contributed by atoms with Gasteiger partial charge in [-0.3, -0.25) is 15.4 Å². The van der Waals surface area contributed by atoms with Gasteiger partial charge in [-0.05, 0) is 23.3 Å². The summed E-state index contributed by atoms with van der Waals surface area (Å²) in [7, 11) is 0. The third-order valence-corrected chi connectivity index (χ3v) is 2.97. The molecule has 1 unspecified atom stereocenters. The van der Waals surface area contributed by atoms with E-state index in [-0.39, 0.29) is 11.5 Å². The molecule has 0 aliphatic heterocycles. The molecule has 2 aromatic rings. The Hall–Kier alpha value is -2.78. The second-order valence-electron chi connectivity index (χ2n) is 4.42. The molecule has 1 atom stereocenters. The lowest BCUT2D eigenvalue weighted by atomic mass is 10.1. The lowest BCUT2D eigenvalue weighted by Gasteiger charge is -2.11. The summed E-state index contributed by atoms with van der Waals surface area (Å²) in [5.74, 6) is -0.325. The fourth-order valence-corrected chi connectivity index (χ4v) is 1.88. The summed E-state index contributed by atoms with van der Waals surface area (Å²) in [6.45, 7) is 0.362. The minimum absolute atomic E-state index is 0.0590. The van der Waals surface area contributed by atoms with Crippen molar-refractivity contribution in [3.05, 3.63) is 75.6 Å². The number of nitrogens with zero attached hydrogens (tertiary/aromatic N) is 2. The van der Waals surface area contributed by atoms with Crippen LogP contribution >= 0.6 is 0 Å². The van der Waals surface area contributed by atoms with Crippen LogP contribution in [0, 0.1) is 27.3 Å². The zero-order chi connectivity index (χ0) is 15.2. The first kappa shape index (κ1) is 14.6. The normalized spacial score (nSPS) is 11.6. The van der Waals surface area contributed by atoms with E-state index in [1.807, 2.05) is 0 Å². The second kappa shape index (κ2) is 6.59. The molecule has 0 amide bonds. The number of hydrogen-bond donors (Lipinski definition) is 1. The van der Waals surface area contributed by atoms with Crippen LogP contribution in [-0.4, -0.2) is 4.92 Å². The van der Waals surface area contributed by atoms with Crippen LogP contribution < -0.4 is 5.32 Å². The van der Waals surface area contributed by atoms with E-state index in [9.17, 15) is 19.8 Å². The maximum absolute atomic E-state index is 12.8. The van der Waals surface area contributed by atoms with E-state index < -0.39 is 11.0 Å². The van der Waals surface area contributed by atoms with Gasteiger partial charge in [-0.25, -0.2) is 4.39 Å². The van der Waals surface area contributed by atoms with Crippen LogP contribution in [0.3, 0.4) is 0 Å². The molecule has 0 aliphatic rings. The van der Waals surface area contributed by atoms with Gasteiger partial charge >= 0.3 is 0 Å². The largest absolute Gasteiger partial charge is 0.294 e. The Morgan fingerprint density at radius 3 is 2.62 bits per heavy atom. The molecule has 2 aromatic carbocycles. The maximum Gasteiger partial charge on any atom is 0.269 e. The molecule has 0 saturated heterocycles. The Kier molecular flexibility index (Phi) is 4.59. The van der Waals surface area contributed by atoms with E-state index in [4.69, 9.17) is 0 Å². The zero-order valence-corrected chi connectivity index (χ0v) is 11.0. The summed E-state index contributed by atoms with van der Waals surface area (Å²) in [4.78, 5) is 10.2. The van der Waals surface area contributed by atoms with Crippen LogP contribution in [0.1, 0.15) is 17.2 Å². The van der Waals surface area contributed by atoms with Crippen molar-refractivity contribution in [2.24, 2.45) is 0 Å². The first-order valence-electron chi connectivity index (χ1n) is 6.22. The third-order valence-electron chi connectivity index (χ3n) is 2.97. The number of hydrogen-bond acceptors (Lipinski definition) is 4. The fraction of sp³-hybridized carbons (Fsp3) is 0.133. The number of non-ortho nitro benzene ring substituents is 1. The quantitative estimate of drug-likeness (QED) is 0.676. The van der Waals surface area contributed by atoms with E-state index in [1.165, 1.54) is 30.3 Å². The standard InChI is InChI=1S/C15H12FN3O2/c16-13-6-4-11(5-7-13)10-18-15(9-17)12-2-1-3-14(8-12)19(20)21/h1-8,15,18H,10H2. The van der Waals surface area contributed by atoms with E-state index in [0.29, 0.717) is 12.1 Å². The Balaban J connectivity index is 2.10. The van der Waals surface area contributed by atoms with Crippen LogP contribution in [-0.2, 0) is 6.54 Å². The fourth-order valence-electron chi connectivity index (χ4n) is 1.88. The minimum atomic E-state index is -0.671. The Labute approximate surface area is 120 Å². The first-order chi connectivity index (χ1) is 10.1. The van der Waals surface area contributed by atoms with Gasteiger partial charge in [0.1, 0.15) is 11.9 Å². The van der Waals surface area contributed by atoms with Crippen LogP contribution in [0.15, 0.2) is 48.5 Å². The van der Waals surface area contributed by atoms with Gasteiger partial charge in [-0.2, -0.15) is 5.26 Å². The molecular formula is C15H12FN3O2.